The third kappa shape index (κ3) is 10.1. The highest BCUT2D eigenvalue weighted by molar-refractivity contribution is 7.18. The number of hydrogen-bond acceptors (Lipinski definition) is 7. The summed E-state index contributed by atoms with van der Waals surface area (Å²) in [5.74, 6) is -1.65. The lowest BCUT2D eigenvalue weighted by Crippen LogP contribution is -2.54. The van der Waals surface area contributed by atoms with Crippen molar-refractivity contribution in [1.82, 2.24) is 20.9 Å². The van der Waals surface area contributed by atoms with Crippen LogP contribution < -0.4 is 21.7 Å². The minimum atomic E-state index is -0.888. The molecule has 0 spiro atoms. The van der Waals surface area contributed by atoms with E-state index in [9.17, 15) is 19.2 Å². The van der Waals surface area contributed by atoms with Crippen molar-refractivity contribution >= 4 is 45.1 Å². The van der Waals surface area contributed by atoms with Crippen molar-refractivity contribution in [3.8, 4) is 0 Å². The minimum Gasteiger partial charge on any atom is -0.345 e. The topological polar surface area (TPSA) is 143 Å². The number of nitrogens with two attached hydrogens (primary N) is 1. The van der Waals surface area contributed by atoms with Crippen LogP contribution in [0.2, 0.25) is 0 Å². The SMILES string of the molecule is CCC(=O)N[C@@H](Cc1nc2ccccc2s1)C(=O)N[C@H](C(=O)C[C@@H](CCCCN)C(=O)NC(c1ccccc1)c1ccccc1)C1CCCC1. The molecule has 1 aliphatic carbocycles. The number of para-hydroxylation sites is 1. The van der Waals surface area contributed by atoms with E-state index in [1.807, 2.05) is 84.9 Å². The summed E-state index contributed by atoms with van der Waals surface area (Å²) in [4.78, 5) is 59.6. The fourth-order valence-corrected chi connectivity index (χ4v) is 7.85. The Morgan fingerprint density at radius 3 is 2.08 bits per heavy atom. The maximum absolute atomic E-state index is 14.3. The zero-order valence-corrected chi connectivity index (χ0v) is 29.6. The van der Waals surface area contributed by atoms with Gasteiger partial charge in [-0.1, -0.05) is 99.0 Å². The lowest BCUT2D eigenvalue weighted by molar-refractivity contribution is -0.134. The highest BCUT2D eigenvalue weighted by Crippen LogP contribution is 2.31. The molecule has 1 heterocycles. The van der Waals surface area contributed by atoms with Crippen LogP contribution in [0, 0.1) is 11.8 Å². The quantitative estimate of drug-likeness (QED) is 0.0939. The summed E-state index contributed by atoms with van der Waals surface area (Å²) in [5.41, 5.74) is 8.55. The molecule has 5 rings (SSSR count). The number of benzene rings is 3. The van der Waals surface area contributed by atoms with E-state index in [2.05, 4.69) is 20.9 Å². The van der Waals surface area contributed by atoms with Crippen molar-refractivity contribution in [1.29, 1.82) is 0 Å². The van der Waals surface area contributed by atoms with E-state index in [1.165, 1.54) is 11.3 Å². The standard InChI is InChI=1S/C40H49N5O4S/c1-2-35(47)42-32(26-36-43-31-22-11-12-23-34(31)50-36)40(49)45-38(29-19-9-10-20-29)33(46)25-30(21-13-14-24-41)39(48)44-37(27-15-5-3-6-16-27)28-17-7-4-8-18-28/h3-8,11-12,15-18,22-23,29-30,32,37-38H,2,9-10,13-14,19-21,24-26,41H2,1H3,(H,42,47)(H,44,48)(H,45,49)/t30-,32+,38+/m1/s1. The largest absolute Gasteiger partial charge is 0.345 e. The Kier molecular flexibility index (Phi) is 13.7. The molecule has 1 aromatic heterocycles. The number of hydrogen-bond donors (Lipinski definition) is 4. The Morgan fingerprint density at radius 2 is 1.46 bits per heavy atom. The van der Waals surface area contributed by atoms with Crippen LogP contribution in [0.4, 0.5) is 0 Å². The third-order valence-corrected chi connectivity index (χ3v) is 10.6. The second-order valence-corrected chi connectivity index (χ2v) is 14.3. The van der Waals surface area contributed by atoms with Gasteiger partial charge in [-0.15, -0.1) is 11.3 Å². The number of fused-ring (bicyclic) bond motifs is 1. The molecule has 5 N–H and O–H groups in total. The third-order valence-electron chi connectivity index (χ3n) is 9.58. The van der Waals surface area contributed by atoms with E-state index in [0.717, 1.165) is 58.5 Å². The molecule has 50 heavy (non-hydrogen) atoms. The summed E-state index contributed by atoms with van der Waals surface area (Å²) < 4.78 is 1.00. The predicted octanol–water partition coefficient (Wildman–Crippen LogP) is 6.02. The molecule has 0 bridgehead atoms. The summed E-state index contributed by atoms with van der Waals surface area (Å²) in [7, 11) is 0. The van der Waals surface area contributed by atoms with Gasteiger partial charge < -0.3 is 21.7 Å². The molecule has 9 nitrogen and oxygen atoms in total. The number of thiazole rings is 1. The van der Waals surface area contributed by atoms with Crippen molar-refractivity contribution in [2.24, 2.45) is 17.6 Å². The van der Waals surface area contributed by atoms with Crippen molar-refractivity contribution < 1.29 is 19.2 Å². The smallest absolute Gasteiger partial charge is 0.243 e. The molecular formula is C40H49N5O4S. The van der Waals surface area contributed by atoms with Crippen LogP contribution in [0.15, 0.2) is 84.9 Å². The van der Waals surface area contributed by atoms with Gasteiger partial charge in [-0.05, 0) is 61.4 Å². The molecule has 1 aliphatic rings. The summed E-state index contributed by atoms with van der Waals surface area (Å²) in [5, 5.41) is 9.92. The number of carbonyl (C=O) groups excluding carboxylic acids is 4. The summed E-state index contributed by atoms with van der Waals surface area (Å²) >= 11 is 1.49. The number of ketones is 1. The lowest BCUT2D eigenvalue weighted by atomic mass is 9.86. The van der Waals surface area contributed by atoms with E-state index >= 15 is 0 Å². The van der Waals surface area contributed by atoms with E-state index in [0.29, 0.717) is 19.4 Å². The second kappa shape index (κ2) is 18.5. The van der Waals surface area contributed by atoms with Crippen molar-refractivity contribution in [3.05, 3.63) is 101 Å². The van der Waals surface area contributed by atoms with Crippen LogP contribution in [0.5, 0.6) is 0 Å². The molecule has 0 unspecified atom stereocenters. The molecule has 4 aromatic rings. The highest BCUT2D eigenvalue weighted by atomic mass is 32.1. The number of carbonyl (C=O) groups is 4. The van der Waals surface area contributed by atoms with Gasteiger partial charge in [-0.25, -0.2) is 4.98 Å². The number of nitrogens with one attached hydrogen (secondary N) is 3. The number of rotatable bonds is 18. The maximum Gasteiger partial charge on any atom is 0.243 e. The van der Waals surface area contributed by atoms with Crippen LogP contribution >= 0.6 is 11.3 Å². The first-order chi connectivity index (χ1) is 24.4. The fourth-order valence-electron chi connectivity index (χ4n) is 6.83. The molecule has 1 saturated carbocycles. The van der Waals surface area contributed by atoms with Crippen LogP contribution in [0.3, 0.4) is 0 Å². The lowest BCUT2D eigenvalue weighted by Gasteiger charge is -2.28. The Morgan fingerprint density at radius 1 is 0.820 bits per heavy atom. The van der Waals surface area contributed by atoms with E-state index in [1.54, 1.807) is 6.92 Å². The van der Waals surface area contributed by atoms with Crippen LogP contribution in [-0.2, 0) is 25.6 Å². The molecule has 1 fully saturated rings. The van der Waals surface area contributed by atoms with Gasteiger partial charge in [-0.2, -0.15) is 0 Å². The van der Waals surface area contributed by atoms with Gasteiger partial charge in [0, 0.05) is 25.2 Å². The fraction of sp³-hybridized carbons (Fsp3) is 0.425. The molecule has 3 aromatic carbocycles. The van der Waals surface area contributed by atoms with Gasteiger partial charge in [0.15, 0.2) is 5.78 Å². The summed E-state index contributed by atoms with van der Waals surface area (Å²) in [6.07, 6.45) is 5.96. The van der Waals surface area contributed by atoms with Crippen molar-refractivity contribution in [3.63, 3.8) is 0 Å². The average molecular weight is 696 g/mol. The highest BCUT2D eigenvalue weighted by Gasteiger charge is 2.36. The number of unbranched alkanes of at least 4 members (excludes halogenated alkanes) is 1. The predicted molar refractivity (Wildman–Crippen MR) is 198 cm³/mol. The van der Waals surface area contributed by atoms with E-state index in [4.69, 9.17) is 5.73 Å². The Labute approximate surface area is 298 Å². The number of amides is 3. The van der Waals surface area contributed by atoms with Gasteiger partial charge >= 0.3 is 0 Å². The molecule has 0 aliphatic heterocycles. The van der Waals surface area contributed by atoms with E-state index in [-0.39, 0.29) is 48.8 Å². The molecule has 0 saturated heterocycles. The van der Waals surface area contributed by atoms with Gasteiger partial charge in [0.2, 0.25) is 17.7 Å². The monoisotopic (exact) mass is 695 g/mol. The number of nitrogens with zero attached hydrogens (tertiary/aromatic N) is 1. The first-order valence-electron chi connectivity index (χ1n) is 17.9. The maximum atomic E-state index is 14.3. The van der Waals surface area contributed by atoms with E-state index < -0.39 is 23.9 Å². The van der Waals surface area contributed by atoms with Crippen molar-refractivity contribution in [2.45, 2.75) is 89.3 Å². The molecule has 0 radical (unpaired) electrons. The Balaban J connectivity index is 1.35. The molecule has 10 heteroatoms. The van der Waals surface area contributed by atoms with Crippen molar-refractivity contribution in [2.75, 3.05) is 6.54 Å². The molecule has 3 atom stereocenters. The zero-order chi connectivity index (χ0) is 35.3. The van der Waals surface area contributed by atoms with Gasteiger partial charge in [0.25, 0.3) is 0 Å². The van der Waals surface area contributed by atoms with Gasteiger partial charge in [-0.3, -0.25) is 19.2 Å². The Bertz CT molecular complexity index is 1630. The van der Waals surface area contributed by atoms with Gasteiger partial charge in [0.1, 0.15) is 6.04 Å². The van der Waals surface area contributed by atoms with Crippen LogP contribution in [0.1, 0.15) is 86.9 Å². The molecular weight excluding hydrogens is 647 g/mol. The second-order valence-electron chi connectivity index (χ2n) is 13.2. The number of aromatic nitrogens is 1. The molecule has 3 amide bonds. The molecule has 264 valence electrons. The summed E-state index contributed by atoms with van der Waals surface area (Å²) in [6, 6.07) is 25.3. The number of Topliss-reactive ketones (excluding diaryl/α,β-unsaturated/α-hetero) is 1. The summed E-state index contributed by atoms with van der Waals surface area (Å²) in [6.45, 7) is 2.24. The first kappa shape index (κ1) is 36.9. The average Bonchev–Trinajstić information content (AvgIpc) is 3.83. The zero-order valence-electron chi connectivity index (χ0n) is 28.8. The van der Waals surface area contributed by atoms with Crippen LogP contribution in [0.25, 0.3) is 10.2 Å². The minimum absolute atomic E-state index is 0.00198. The first-order valence-corrected chi connectivity index (χ1v) is 18.7. The van der Waals surface area contributed by atoms with Gasteiger partial charge in [0.05, 0.1) is 27.3 Å². The normalized spacial score (nSPS) is 15.0. The Hall–Kier alpha value is -4.41. The van der Waals surface area contributed by atoms with Crippen LogP contribution in [-0.4, -0.2) is 47.1 Å².